The number of nitrogens with one attached hydrogen (secondary N) is 1. The van der Waals surface area contributed by atoms with Crippen LogP contribution in [0.3, 0.4) is 0 Å². The van der Waals surface area contributed by atoms with Crippen LogP contribution in [0.15, 0.2) is 18.2 Å². The Kier molecular flexibility index (Phi) is 7.13. The van der Waals surface area contributed by atoms with Crippen LogP contribution in [0.1, 0.15) is 23.2 Å². The van der Waals surface area contributed by atoms with Gasteiger partial charge in [0.05, 0.1) is 24.3 Å². The third-order valence-corrected chi connectivity index (χ3v) is 3.58. The Labute approximate surface area is 130 Å². The van der Waals surface area contributed by atoms with Crippen molar-refractivity contribution >= 4 is 30.0 Å². The fourth-order valence-electron chi connectivity index (χ4n) is 2.12. The molecule has 1 N–H and O–H groups in total. The molecule has 0 radical (unpaired) electrons. The third kappa shape index (κ3) is 4.54. The minimum atomic E-state index is -0.396. The fourth-order valence-corrected chi connectivity index (χ4v) is 2.35. The summed E-state index contributed by atoms with van der Waals surface area (Å²) < 4.78 is 10.4. The summed E-state index contributed by atoms with van der Waals surface area (Å²) in [4.78, 5) is 11.4. The first-order valence-electron chi connectivity index (χ1n) is 6.42. The zero-order chi connectivity index (χ0) is 13.7. The summed E-state index contributed by atoms with van der Waals surface area (Å²) in [6.07, 6.45) is 2.25. The number of hydrogen-bond donors (Lipinski definition) is 1. The van der Waals surface area contributed by atoms with Crippen molar-refractivity contribution in [2.75, 3.05) is 26.8 Å². The summed E-state index contributed by atoms with van der Waals surface area (Å²) >= 11 is 6.10. The molecule has 0 spiro atoms. The number of methoxy groups -OCH3 is 1. The molecule has 4 nitrogen and oxygen atoms in total. The van der Waals surface area contributed by atoms with Crippen LogP contribution < -0.4 is 10.1 Å². The topological polar surface area (TPSA) is 47.6 Å². The maximum atomic E-state index is 11.4. The van der Waals surface area contributed by atoms with Gasteiger partial charge in [-0.1, -0.05) is 11.6 Å². The molecule has 112 valence electrons. The standard InChI is InChI=1S/C14H18ClNO3.ClH/c1-18-14(17)11-2-3-13(12(15)8-11)19-9-10-4-6-16-7-5-10;/h2-3,8,10,16H,4-7,9H2,1H3;1H. The molecule has 2 rings (SSSR count). The van der Waals surface area contributed by atoms with Gasteiger partial charge in [0.1, 0.15) is 5.75 Å². The summed E-state index contributed by atoms with van der Waals surface area (Å²) in [5.41, 5.74) is 0.432. The van der Waals surface area contributed by atoms with Gasteiger partial charge in [0, 0.05) is 0 Å². The second-order valence-electron chi connectivity index (χ2n) is 4.64. The molecule has 1 aliphatic heterocycles. The Morgan fingerprint density at radius 3 is 2.70 bits per heavy atom. The van der Waals surface area contributed by atoms with Gasteiger partial charge in [-0.2, -0.15) is 0 Å². The molecule has 1 heterocycles. The van der Waals surface area contributed by atoms with Gasteiger partial charge in [-0.05, 0) is 50.0 Å². The van der Waals surface area contributed by atoms with Crippen molar-refractivity contribution in [1.82, 2.24) is 5.32 Å². The number of rotatable bonds is 4. The van der Waals surface area contributed by atoms with Gasteiger partial charge in [-0.15, -0.1) is 12.4 Å². The van der Waals surface area contributed by atoms with Crippen molar-refractivity contribution < 1.29 is 14.3 Å². The lowest BCUT2D eigenvalue weighted by molar-refractivity contribution is 0.0600. The molecule has 0 saturated carbocycles. The molecule has 0 amide bonds. The average molecular weight is 320 g/mol. The summed E-state index contributed by atoms with van der Waals surface area (Å²) in [6.45, 7) is 2.76. The van der Waals surface area contributed by atoms with Crippen LogP contribution >= 0.6 is 24.0 Å². The largest absolute Gasteiger partial charge is 0.492 e. The van der Waals surface area contributed by atoms with Crippen LogP contribution in [-0.4, -0.2) is 32.8 Å². The number of ether oxygens (including phenoxy) is 2. The lowest BCUT2D eigenvalue weighted by atomic mass is 9.99. The molecular formula is C14H19Cl2NO3. The number of benzene rings is 1. The van der Waals surface area contributed by atoms with E-state index in [9.17, 15) is 4.79 Å². The minimum absolute atomic E-state index is 0. The number of carbonyl (C=O) groups is 1. The second kappa shape index (κ2) is 8.35. The Morgan fingerprint density at radius 2 is 2.10 bits per heavy atom. The van der Waals surface area contributed by atoms with Crippen LogP contribution in [0.25, 0.3) is 0 Å². The SMILES string of the molecule is COC(=O)c1ccc(OCC2CCNCC2)c(Cl)c1.Cl. The van der Waals surface area contributed by atoms with Gasteiger partial charge in [0.15, 0.2) is 0 Å². The van der Waals surface area contributed by atoms with Crippen LogP contribution in [0.5, 0.6) is 5.75 Å². The first-order valence-corrected chi connectivity index (χ1v) is 6.80. The summed E-state index contributed by atoms with van der Waals surface area (Å²) in [5, 5.41) is 3.76. The average Bonchev–Trinajstić information content (AvgIpc) is 2.46. The van der Waals surface area contributed by atoms with Crippen LogP contribution in [0.4, 0.5) is 0 Å². The minimum Gasteiger partial charge on any atom is -0.492 e. The second-order valence-corrected chi connectivity index (χ2v) is 5.05. The normalized spacial score (nSPS) is 15.3. The van der Waals surface area contributed by atoms with Gasteiger partial charge in [0.2, 0.25) is 0 Å². The van der Waals surface area contributed by atoms with E-state index >= 15 is 0 Å². The van der Waals surface area contributed by atoms with E-state index in [4.69, 9.17) is 16.3 Å². The van der Waals surface area contributed by atoms with Crippen molar-refractivity contribution in [1.29, 1.82) is 0 Å². The number of hydrogen-bond acceptors (Lipinski definition) is 4. The molecule has 6 heteroatoms. The van der Waals surface area contributed by atoms with Crippen LogP contribution in [0, 0.1) is 5.92 Å². The molecule has 0 unspecified atom stereocenters. The van der Waals surface area contributed by atoms with Gasteiger partial charge in [0.25, 0.3) is 0 Å². The van der Waals surface area contributed by atoms with Crippen molar-refractivity contribution in [3.63, 3.8) is 0 Å². The molecule has 20 heavy (non-hydrogen) atoms. The summed E-state index contributed by atoms with van der Waals surface area (Å²) in [5.74, 6) is 0.789. The van der Waals surface area contributed by atoms with Crippen molar-refractivity contribution in [2.24, 2.45) is 5.92 Å². The van der Waals surface area contributed by atoms with Gasteiger partial charge in [-0.25, -0.2) is 4.79 Å². The van der Waals surface area contributed by atoms with Crippen LogP contribution in [-0.2, 0) is 4.74 Å². The number of carbonyl (C=O) groups excluding carboxylic acids is 1. The molecular weight excluding hydrogens is 301 g/mol. The van der Waals surface area contributed by atoms with Gasteiger partial charge >= 0.3 is 5.97 Å². The molecule has 0 atom stereocenters. The maximum absolute atomic E-state index is 11.4. The van der Waals surface area contributed by atoms with Crippen molar-refractivity contribution in [2.45, 2.75) is 12.8 Å². The highest BCUT2D eigenvalue weighted by atomic mass is 35.5. The highest BCUT2D eigenvalue weighted by Crippen LogP contribution is 2.27. The Balaban J connectivity index is 0.00000200. The Bertz CT molecular complexity index is 448. The molecule has 1 saturated heterocycles. The van der Waals surface area contributed by atoms with E-state index in [0.29, 0.717) is 28.9 Å². The first kappa shape index (κ1) is 17.1. The molecule has 1 fully saturated rings. The predicted octanol–water partition coefficient (Wildman–Crippen LogP) is 2.93. The maximum Gasteiger partial charge on any atom is 0.337 e. The van der Waals surface area contributed by atoms with E-state index in [0.717, 1.165) is 25.9 Å². The summed E-state index contributed by atoms with van der Waals surface area (Å²) in [6, 6.07) is 4.95. The van der Waals surface area contributed by atoms with Crippen LogP contribution in [0.2, 0.25) is 5.02 Å². The molecule has 1 aromatic rings. The van der Waals surface area contributed by atoms with E-state index in [-0.39, 0.29) is 12.4 Å². The van der Waals surface area contributed by atoms with Crippen molar-refractivity contribution in [3.8, 4) is 5.75 Å². The summed E-state index contributed by atoms with van der Waals surface area (Å²) in [7, 11) is 1.35. The predicted molar refractivity (Wildman–Crippen MR) is 81.1 cm³/mol. The van der Waals surface area contributed by atoms with E-state index in [1.165, 1.54) is 7.11 Å². The van der Waals surface area contributed by atoms with Gasteiger partial charge < -0.3 is 14.8 Å². The highest BCUT2D eigenvalue weighted by Gasteiger charge is 2.15. The Morgan fingerprint density at radius 1 is 1.40 bits per heavy atom. The first-order chi connectivity index (χ1) is 9.20. The van der Waals surface area contributed by atoms with E-state index < -0.39 is 5.97 Å². The van der Waals surface area contributed by atoms with E-state index in [1.54, 1.807) is 18.2 Å². The lowest BCUT2D eigenvalue weighted by Gasteiger charge is -2.22. The Hall–Kier alpha value is -0.970. The lowest BCUT2D eigenvalue weighted by Crippen LogP contribution is -2.30. The molecule has 1 aromatic carbocycles. The third-order valence-electron chi connectivity index (χ3n) is 3.29. The quantitative estimate of drug-likeness (QED) is 0.867. The fraction of sp³-hybridized carbons (Fsp3) is 0.500. The zero-order valence-electron chi connectivity index (χ0n) is 11.4. The molecule has 1 aliphatic rings. The van der Waals surface area contributed by atoms with E-state index in [2.05, 4.69) is 10.1 Å². The highest BCUT2D eigenvalue weighted by molar-refractivity contribution is 6.32. The number of halogens is 2. The zero-order valence-corrected chi connectivity index (χ0v) is 12.9. The molecule has 0 aromatic heterocycles. The molecule has 0 bridgehead atoms. The monoisotopic (exact) mass is 319 g/mol. The smallest absolute Gasteiger partial charge is 0.337 e. The number of esters is 1. The van der Waals surface area contributed by atoms with Gasteiger partial charge in [-0.3, -0.25) is 0 Å². The molecule has 0 aliphatic carbocycles. The van der Waals surface area contributed by atoms with Crippen molar-refractivity contribution in [3.05, 3.63) is 28.8 Å². The van der Waals surface area contributed by atoms with E-state index in [1.807, 2.05) is 0 Å². The number of piperidine rings is 1.